The minimum absolute atomic E-state index is 0.170. The van der Waals surface area contributed by atoms with E-state index in [1.165, 1.54) is 11.3 Å². The maximum absolute atomic E-state index is 12.2. The molecule has 0 fully saturated rings. The molecule has 6 heteroatoms. The Labute approximate surface area is 135 Å². The molecule has 2 rings (SSSR count). The van der Waals surface area contributed by atoms with Gasteiger partial charge in [0.05, 0.1) is 12.7 Å². The van der Waals surface area contributed by atoms with Gasteiger partial charge in [-0.1, -0.05) is 0 Å². The zero-order valence-corrected chi connectivity index (χ0v) is 14.1. The van der Waals surface area contributed by atoms with Crippen molar-refractivity contribution in [3.63, 3.8) is 0 Å². The summed E-state index contributed by atoms with van der Waals surface area (Å²) in [4.78, 5) is 13.1. The molecule has 0 spiro atoms. The first-order chi connectivity index (χ1) is 10.0. The van der Waals surface area contributed by atoms with Crippen molar-refractivity contribution in [2.45, 2.75) is 13.0 Å². The van der Waals surface area contributed by atoms with Gasteiger partial charge in [0.15, 0.2) is 0 Å². The molecule has 0 saturated heterocycles. The van der Waals surface area contributed by atoms with Crippen molar-refractivity contribution >= 4 is 33.2 Å². The number of methoxy groups -OCH3 is 1. The van der Waals surface area contributed by atoms with Crippen LogP contribution in [0.2, 0.25) is 0 Å². The van der Waals surface area contributed by atoms with Crippen LogP contribution in [0.3, 0.4) is 0 Å². The fourth-order valence-electron chi connectivity index (χ4n) is 1.91. The van der Waals surface area contributed by atoms with Crippen LogP contribution in [0.4, 0.5) is 0 Å². The molecule has 0 saturated carbocycles. The van der Waals surface area contributed by atoms with E-state index >= 15 is 0 Å². The lowest BCUT2D eigenvalue weighted by molar-refractivity contribution is 0.0916. The third-order valence-electron chi connectivity index (χ3n) is 3.08. The molecule has 1 unspecified atom stereocenters. The van der Waals surface area contributed by atoms with Crippen molar-refractivity contribution in [3.05, 3.63) is 50.1 Å². The van der Waals surface area contributed by atoms with Crippen molar-refractivity contribution in [2.24, 2.45) is 0 Å². The summed E-state index contributed by atoms with van der Waals surface area (Å²) < 4.78 is 5.79. The van der Waals surface area contributed by atoms with E-state index in [1.807, 2.05) is 18.4 Å². The van der Waals surface area contributed by atoms with E-state index in [0.717, 1.165) is 10.4 Å². The van der Waals surface area contributed by atoms with Crippen LogP contribution in [0, 0.1) is 6.92 Å². The number of rotatable bonds is 5. The van der Waals surface area contributed by atoms with Crippen LogP contribution >= 0.6 is 27.3 Å². The van der Waals surface area contributed by atoms with Crippen LogP contribution in [0.15, 0.2) is 34.1 Å². The van der Waals surface area contributed by atoms with Gasteiger partial charge in [-0.15, -0.1) is 11.3 Å². The van der Waals surface area contributed by atoms with Gasteiger partial charge in [0, 0.05) is 15.9 Å². The SMILES string of the molecule is COc1ccc(Br)c(C(=O)NCC(O)c2sccc2C)c1. The Morgan fingerprint density at radius 3 is 2.86 bits per heavy atom. The molecule has 0 radical (unpaired) electrons. The summed E-state index contributed by atoms with van der Waals surface area (Å²) in [6, 6.07) is 7.13. The quantitative estimate of drug-likeness (QED) is 0.849. The third-order valence-corrected chi connectivity index (χ3v) is 4.89. The van der Waals surface area contributed by atoms with E-state index in [0.29, 0.717) is 15.8 Å². The second kappa shape index (κ2) is 7.06. The normalized spacial score (nSPS) is 12.0. The highest BCUT2D eigenvalue weighted by Gasteiger charge is 2.16. The lowest BCUT2D eigenvalue weighted by Crippen LogP contribution is -2.28. The molecule has 0 aliphatic carbocycles. The maximum Gasteiger partial charge on any atom is 0.252 e. The van der Waals surface area contributed by atoms with Crippen LogP contribution in [-0.4, -0.2) is 24.7 Å². The molecular formula is C15H16BrNO3S. The number of halogens is 1. The average molecular weight is 370 g/mol. The standard InChI is InChI=1S/C15H16BrNO3S/c1-9-5-6-21-14(9)13(18)8-17-15(19)11-7-10(20-2)3-4-12(11)16/h3-7,13,18H,8H2,1-2H3,(H,17,19). The minimum Gasteiger partial charge on any atom is -0.497 e. The zero-order chi connectivity index (χ0) is 15.4. The van der Waals surface area contributed by atoms with Crippen LogP contribution in [-0.2, 0) is 0 Å². The number of aliphatic hydroxyl groups is 1. The molecule has 0 aliphatic rings. The maximum atomic E-state index is 12.2. The Balaban J connectivity index is 2.03. The van der Waals surface area contributed by atoms with Crippen molar-refractivity contribution in [1.82, 2.24) is 5.32 Å². The second-order valence-electron chi connectivity index (χ2n) is 4.54. The topological polar surface area (TPSA) is 58.6 Å². The van der Waals surface area contributed by atoms with Gasteiger partial charge in [0.1, 0.15) is 11.9 Å². The number of carbonyl (C=O) groups excluding carboxylic acids is 1. The highest BCUT2D eigenvalue weighted by Crippen LogP contribution is 2.24. The highest BCUT2D eigenvalue weighted by molar-refractivity contribution is 9.10. The van der Waals surface area contributed by atoms with Crippen molar-refractivity contribution in [3.8, 4) is 5.75 Å². The highest BCUT2D eigenvalue weighted by atomic mass is 79.9. The zero-order valence-electron chi connectivity index (χ0n) is 11.7. The number of carbonyl (C=O) groups is 1. The number of ether oxygens (including phenoxy) is 1. The van der Waals surface area contributed by atoms with Crippen LogP contribution in [0.5, 0.6) is 5.75 Å². The molecule has 112 valence electrons. The smallest absolute Gasteiger partial charge is 0.252 e. The van der Waals surface area contributed by atoms with E-state index in [4.69, 9.17) is 4.74 Å². The third kappa shape index (κ3) is 3.84. The number of benzene rings is 1. The number of nitrogens with one attached hydrogen (secondary N) is 1. The Bertz CT molecular complexity index is 642. The molecule has 1 aromatic heterocycles. The summed E-state index contributed by atoms with van der Waals surface area (Å²) in [6.45, 7) is 2.11. The monoisotopic (exact) mass is 369 g/mol. The second-order valence-corrected chi connectivity index (χ2v) is 6.34. The Morgan fingerprint density at radius 1 is 1.48 bits per heavy atom. The molecular weight excluding hydrogens is 354 g/mol. The van der Waals surface area contributed by atoms with E-state index < -0.39 is 6.10 Å². The lowest BCUT2D eigenvalue weighted by atomic mass is 10.1. The first-order valence-corrected chi connectivity index (χ1v) is 8.04. The summed E-state index contributed by atoms with van der Waals surface area (Å²) in [5, 5.41) is 14.8. The Morgan fingerprint density at radius 2 is 2.24 bits per heavy atom. The molecule has 1 heterocycles. The van der Waals surface area contributed by atoms with E-state index in [9.17, 15) is 9.90 Å². The number of aryl methyl sites for hydroxylation is 1. The number of amides is 1. The van der Waals surface area contributed by atoms with Crippen molar-refractivity contribution < 1.29 is 14.6 Å². The average Bonchev–Trinajstić information content (AvgIpc) is 2.91. The van der Waals surface area contributed by atoms with Gasteiger partial charge in [-0.25, -0.2) is 0 Å². The predicted octanol–water partition coefficient (Wildman–Crippen LogP) is 3.29. The Hall–Kier alpha value is -1.37. The molecule has 2 N–H and O–H groups in total. The fraction of sp³-hybridized carbons (Fsp3) is 0.267. The number of thiophene rings is 1. The molecule has 0 bridgehead atoms. The molecule has 2 aromatic rings. The van der Waals surface area contributed by atoms with E-state index in [1.54, 1.807) is 25.3 Å². The predicted molar refractivity (Wildman–Crippen MR) is 87.0 cm³/mol. The van der Waals surface area contributed by atoms with Crippen molar-refractivity contribution in [2.75, 3.05) is 13.7 Å². The first kappa shape index (κ1) is 16.0. The fourth-order valence-corrected chi connectivity index (χ4v) is 3.25. The minimum atomic E-state index is -0.696. The van der Waals surface area contributed by atoms with Crippen LogP contribution in [0.25, 0.3) is 0 Å². The van der Waals surface area contributed by atoms with Gasteiger partial charge in [-0.2, -0.15) is 0 Å². The van der Waals surface area contributed by atoms with Gasteiger partial charge >= 0.3 is 0 Å². The van der Waals surface area contributed by atoms with E-state index in [2.05, 4.69) is 21.2 Å². The lowest BCUT2D eigenvalue weighted by Gasteiger charge is -2.13. The summed E-state index contributed by atoms with van der Waals surface area (Å²) in [7, 11) is 1.55. The summed E-state index contributed by atoms with van der Waals surface area (Å²) in [5.74, 6) is 0.354. The van der Waals surface area contributed by atoms with Gasteiger partial charge in [0.25, 0.3) is 5.91 Å². The van der Waals surface area contributed by atoms with Gasteiger partial charge in [0.2, 0.25) is 0 Å². The molecule has 4 nitrogen and oxygen atoms in total. The molecule has 0 aliphatic heterocycles. The molecule has 1 aromatic carbocycles. The molecule has 1 amide bonds. The van der Waals surface area contributed by atoms with Crippen LogP contribution < -0.4 is 10.1 Å². The van der Waals surface area contributed by atoms with E-state index in [-0.39, 0.29) is 12.5 Å². The number of hydrogen-bond acceptors (Lipinski definition) is 4. The number of hydrogen-bond donors (Lipinski definition) is 2. The molecule has 21 heavy (non-hydrogen) atoms. The van der Waals surface area contributed by atoms with Gasteiger partial charge < -0.3 is 15.2 Å². The summed E-state index contributed by atoms with van der Waals surface area (Å²) in [6.07, 6.45) is -0.696. The van der Waals surface area contributed by atoms with Crippen LogP contribution in [0.1, 0.15) is 26.9 Å². The van der Waals surface area contributed by atoms with Crippen molar-refractivity contribution in [1.29, 1.82) is 0 Å². The largest absolute Gasteiger partial charge is 0.497 e. The summed E-state index contributed by atoms with van der Waals surface area (Å²) in [5.41, 5.74) is 1.51. The first-order valence-electron chi connectivity index (χ1n) is 6.36. The van der Waals surface area contributed by atoms with Gasteiger partial charge in [-0.05, 0) is 58.1 Å². The van der Waals surface area contributed by atoms with Gasteiger partial charge in [-0.3, -0.25) is 4.79 Å². The summed E-state index contributed by atoms with van der Waals surface area (Å²) >= 11 is 4.82. The Kier molecular flexibility index (Phi) is 5.39. The number of aliphatic hydroxyl groups excluding tert-OH is 1. The molecule has 1 atom stereocenters.